The third-order valence-electron chi connectivity index (χ3n) is 4.21. The Bertz CT molecular complexity index is 742. The summed E-state index contributed by atoms with van der Waals surface area (Å²) in [5.41, 5.74) is 0. The maximum absolute atomic E-state index is 12.8. The average molecular weight is 392 g/mol. The van der Waals surface area contributed by atoms with Crippen molar-refractivity contribution in [3.05, 3.63) is 32.3 Å². The molecule has 1 aliphatic carbocycles. The smallest absolute Gasteiger partial charge is 0.265 e. The zero-order chi connectivity index (χ0) is 17.6. The lowest BCUT2D eigenvalue weighted by Gasteiger charge is -2.20. The molecule has 25 heavy (non-hydrogen) atoms. The second-order valence-electron chi connectivity index (χ2n) is 6.02. The highest BCUT2D eigenvalue weighted by Gasteiger charge is 2.25. The minimum Gasteiger partial charge on any atom is -0.331 e. The summed E-state index contributed by atoms with van der Waals surface area (Å²) in [6, 6.07) is 5.35. The molecule has 2 aromatic rings. The van der Waals surface area contributed by atoms with E-state index in [2.05, 4.69) is 23.3 Å². The van der Waals surface area contributed by atoms with E-state index < -0.39 is 6.04 Å². The van der Waals surface area contributed by atoms with Gasteiger partial charge in [0.15, 0.2) is 6.04 Å². The Balaban J connectivity index is 1.76. The number of carbonyl (C=O) groups excluding carboxylic acids is 1. The van der Waals surface area contributed by atoms with Gasteiger partial charge in [-0.05, 0) is 30.7 Å². The Morgan fingerprint density at radius 2 is 2.28 bits per heavy atom. The molecule has 0 radical (unpaired) electrons. The fourth-order valence-electron chi connectivity index (χ4n) is 2.88. The molecule has 0 aliphatic heterocycles. The normalized spacial score (nSPS) is 16.3. The van der Waals surface area contributed by atoms with Crippen molar-refractivity contribution in [3.63, 3.8) is 0 Å². The van der Waals surface area contributed by atoms with Gasteiger partial charge in [0.25, 0.3) is 5.91 Å². The van der Waals surface area contributed by atoms with Crippen LogP contribution in [0.4, 0.5) is 0 Å². The first kappa shape index (κ1) is 18.4. The Hall–Kier alpha value is -1.36. The van der Waals surface area contributed by atoms with Crippen LogP contribution in [0.25, 0.3) is 0 Å². The van der Waals surface area contributed by atoms with Crippen LogP contribution in [0.2, 0.25) is 0 Å². The number of aromatic nitrogens is 1. The Kier molecular flexibility index (Phi) is 6.51. The molecule has 1 fully saturated rings. The predicted molar refractivity (Wildman–Crippen MR) is 104 cm³/mol. The summed E-state index contributed by atoms with van der Waals surface area (Å²) in [6.45, 7) is 2.05. The molecule has 1 saturated carbocycles. The highest BCUT2D eigenvalue weighted by Crippen LogP contribution is 2.37. The van der Waals surface area contributed by atoms with Crippen molar-refractivity contribution in [3.8, 4) is 6.07 Å². The summed E-state index contributed by atoms with van der Waals surface area (Å²) in [5, 5.41) is 16.6. The average Bonchev–Trinajstić information content (AvgIpc) is 3.30. The largest absolute Gasteiger partial charge is 0.331 e. The Morgan fingerprint density at radius 1 is 1.48 bits per heavy atom. The first-order valence-corrected chi connectivity index (χ1v) is 11.2. The number of thiophene rings is 1. The summed E-state index contributed by atoms with van der Waals surface area (Å²) in [5.74, 6) is -0.185. The van der Waals surface area contributed by atoms with Gasteiger partial charge < -0.3 is 5.32 Å². The van der Waals surface area contributed by atoms with Gasteiger partial charge in [0, 0.05) is 10.1 Å². The minimum absolute atomic E-state index is 0.185. The van der Waals surface area contributed by atoms with E-state index in [9.17, 15) is 10.1 Å². The number of carbonyl (C=O) groups is 1. The van der Waals surface area contributed by atoms with Gasteiger partial charge in [0.1, 0.15) is 9.90 Å². The molecule has 4 nitrogen and oxygen atoms in total. The van der Waals surface area contributed by atoms with E-state index in [0.717, 1.165) is 21.3 Å². The molecule has 0 saturated heterocycles. The van der Waals surface area contributed by atoms with Crippen LogP contribution in [0.5, 0.6) is 0 Å². The van der Waals surface area contributed by atoms with Crippen molar-refractivity contribution in [2.24, 2.45) is 0 Å². The van der Waals surface area contributed by atoms with Gasteiger partial charge in [-0.2, -0.15) is 5.26 Å². The summed E-state index contributed by atoms with van der Waals surface area (Å²) < 4.78 is 0. The summed E-state index contributed by atoms with van der Waals surface area (Å²) in [7, 11) is 0. The molecule has 7 heteroatoms. The summed E-state index contributed by atoms with van der Waals surface area (Å²) in [6.07, 6.45) is 7.05. The van der Waals surface area contributed by atoms with Crippen LogP contribution in [0, 0.1) is 11.3 Å². The van der Waals surface area contributed by atoms with Crippen LogP contribution in [0.15, 0.2) is 22.5 Å². The molecular formula is C18H21N3OS3. The van der Waals surface area contributed by atoms with Crippen molar-refractivity contribution < 1.29 is 4.79 Å². The molecule has 2 heterocycles. The van der Waals surface area contributed by atoms with Gasteiger partial charge in [-0.3, -0.25) is 4.79 Å². The first-order chi connectivity index (χ1) is 12.2. The van der Waals surface area contributed by atoms with Crippen molar-refractivity contribution >= 4 is 40.3 Å². The second kappa shape index (κ2) is 8.84. The molecule has 1 N–H and O–H groups in total. The van der Waals surface area contributed by atoms with Gasteiger partial charge in [-0.15, -0.1) is 34.4 Å². The lowest BCUT2D eigenvalue weighted by molar-refractivity contribution is 0.0946. The molecule has 0 spiro atoms. The van der Waals surface area contributed by atoms with Gasteiger partial charge in [-0.1, -0.05) is 32.3 Å². The number of nitrogens with zero attached hydrogens (tertiary/aromatic N) is 2. The number of thiazole rings is 1. The van der Waals surface area contributed by atoms with E-state index in [-0.39, 0.29) is 5.91 Å². The molecule has 0 aromatic carbocycles. The lowest BCUT2D eigenvalue weighted by atomic mass is 10.0. The van der Waals surface area contributed by atoms with E-state index in [4.69, 9.17) is 0 Å². The zero-order valence-electron chi connectivity index (χ0n) is 14.2. The quantitative estimate of drug-likeness (QED) is 0.736. The summed E-state index contributed by atoms with van der Waals surface area (Å²) >= 11 is 4.68. The maximum Gasteiger partial charge on any atom is 0.265 e. The molecule has 1 unspecified atom stereocenters. The van der Waals surface area contributed by atoms with Crippen LogP contribution >= 0.6 is 34.4 Å². The van der Waals surface area contributed by atoms with Crippen LogP contribution in [-0.2, 0) is 6.42 Å². The monoisotopic (exact) mass is 391 g/mol. The number of hydrogen-bond donors (Lipinski definition) is 1. The van der Waals surface area contributed by atoms with E-state index in [1.54, 1.807) is 11.8 Å². The molecule has 2 aromatic heterocycles. The summed E-state index contributed by atoms with van der Waals surface area (Å²) in [4.78, 5) is 19.0. The maximum atomic E-state index is 12.8. The number of amides is 1. The number of hydrogen-bond acceptors (Lipinski definition) is 6. The van der Waals surface area contributed by atoms with Crippen molar-refractivity contribution in [1.29, 1.82) is 5.26 Å². The highest BCUT2D eigenvalue weighted by molar-refractivity contribution is 8.00. The Morgan fingerprint density at radius 3 is 2.92 bits per heavy atom. The van der Waals surface area contributed by atoms with Gasteiger partial charge in [0.2, 0.25) is 0 Å². The Labute approximate surface area is 160 Å². The number of aryl methyl sites for hydroxylation is 1. The molecule has 3 rings (SSSR count). The third kappa shape index (κ3) is 4.63. The number of nitrogens with one attached hydrogen (secondary N) is 1. The fourth-order valence-corrected chi connectivity index (χ4v) is 5.98. The predicted octanol–water partition coefficient (Wildman–Crippen LogP) is 5.19. The van der Waals surface area contributed by atoms with Crippen molar-refractivity contribution in [2.45, 2.75) is 61.8 Å². The number of rotatable bonds is 6. The lowest BCUT2D eigenvalue weighted by Crippen LogP contribution is -2.27. The molecular weight excluding hydrogens is 370 g/mol. The topological polar surface area (TPSA) is 65.8 Å². The molecule has 1 amide bonds. The SMILES string of the molecule is CCc1nc(SC2CCCCC2)c(C(=O)NC(C#N)c2cccs2)s1. The minimum atomic E-state index is -0.604. The number of thioether (sulfide) groups is 1. The van der Waals surface area contributed by atoms with Crippen LogP contribution in [0.3, 0.4) is 0 Å². The molecule has 132 valence electrons. The van der Waals surface area contributed by atoms with E-state index in [1.165, 1.54) is 54.8 Å². The van der Waals surface area contributed by atoms with Crippen molar-refractivity contribution in [1.82, 2.24) is 10.3 Å². The molecule has 1 atom stereocenters. The van der Waals surface area contributed by atoms with E-state index in [0.29, 0.717) is 10.1 Å². The van der Waals surface area contributed by atoms with Gasteiger partial charge in [-0.25, -0.2) is 4.98 Å². The van der Waals surface area contributed by atoms with E-state index >= 15 is 0 Å². The van der Waals surface area contributed by atoms with Crippen LogP contribution < -0.4 is 5.32 Å². The zero-order valence-corrected chi connectivity index (χ0v) is 16.6. The highest BCUT2D eigenvalue weighted by atomic mass is 32.2. The fraction of sp³-hybridized carbons (Fsp3) is 0.500. The molecule has 0 bridgehead atoms. The standard InChI is InChI=1S/C18H21N3OS3/c1-2-15-21-18(24-12-7-4-3-5-8-12)16(25-15)17(22)20-13(11-19)14-9-6-10-23-14/h6,9-10,12-13H,2-5,7-8H2,1H3,(H,20,22). The first-order valence-electron chi connectivity index (χ1n) is 8.61. The molecule has 1 aliphatic rings. The van der Waals surface area contributed by atoms with E-state index in [1.807, 2.05) is 17.5 Å². The van der Waals surface area contributed by atoms with Crippen molar-refractivity contribution in [2.75, 3.05) is 0 Å². The van der Waals surface area contributed by atoms with Gasteiger partial charge in [0.05, 0.1) is 11.1 Å². The third-order valence-corrected chi connectivity index (χ3v) is 7.80. The van der Waals surface area contributed by atoms with Gasteiger partial charge >= 0.3 is 0 Å². The second-order valence-corrected chi connectivity index (χ2v) is 9.38. The number of nitriles is 1. The van der Waals surface area contributed by atoms with Crippen LogP contribution in [0.1, 0.15) is 64.6 Å². The van der Waals surface area contributed by atoms with Crippen LogP contribution in [-0.4, -0.2) is 16.1 Å².